The van der Waals surface area contributed by atoms with Gasteiger partial charge in [-0.2, -0.15) is 0 Å². The second kappa shape index (κ2) is 9.13. The van der Waals surface area contributed by atoms with Crippen LogP contribution in [0.25, 0.3) is 0 Å². The van der Waals surface area contributed by atoms with E-state index in [0.29, 0.717) is 12.0 Å². The highest BCUT2D eigenvalue weighted by atomic mass is 16.3. The van der Waals surface area contributed by atoms with E-state index in [1.54, 1.807) is 0 Å². The summed E-state index contributed by atoms with van der Waals surface area (Å²) >= 11 is 0. The van der Waals surface area contributed by atoms with Crippen LogP contribution in [0, 0.1) is 5.92 Å². The van der Waals surface area contributed by atoms with Crippen LogP contribution in [0.5, 0.6) is 0 Å². The molecule has 0 saturated heterocycles. The van der Waals surface area contributed by atoms with Crippen LogP contribution in [0.3, 0.4) is 0 Å². The maximum atomic E-state index is 9.08. The van der Waals surface area contributed by atoms with Gasteiger partial charge in [0.05, 0.1) is 6.10 Å². The molecule has 0 bridgehead atoms. The lowest BCUT2D eigenvalue weighted by Gasteiger charge is -2.15. The molecule has 15 heavy (non-hydrogen) atoms. The molecule has 0 aliphatic rings. The van der Waals surface area contributed by atoms with E-state index in [1.165, 1.54) is 0 Å². The third kappa shape index (κ3) is 11.8. The standard InChI is InChI=1S/C12H28N2O/c1-10(2)8-13-9-11(3)14-7-5-6-12(4)15/h10-15H,5-9H2,1-4H3. The number of aliphatic hydroxyl groups is 1. The summed E-state index contributed by atoms with van der Waals surface area (Å²) in [7, 11) is 0. The summed E-state index contributed by atoms with van der Waals surface area (Å²) in [6.07, 6.45) is 1.77. The van der Waals surface area contributed by atoms with Crippen molar-refractivity contribution in [3.63, 3.8) is 0 Å². The summed E-state index contributed by atoms with van der Waals surface area (Å²) < 4.78 is 0. The minimum absolute atomic E-state index is 0.166. The lowest BCUT2D eigenvalue weighted by atomic mass is 10.2. The van der Waals surface area contributed by atoms with Gasteiger partial charge in [-0.3, -0.25) is 0 Å². The Hall–Kier alpha value is -0.120. The summed E-state index contributed by atoms with van der Waals surface area (Å²) in [5, 5.41) is 15.9. The molecule has 0 saturated carbocycles. The van der Waals surface area contributed by atoms with Crippen LogP contribution < -0.4 is 10.6 Å². The van der Waals surface area contributed by atoms with E-state index < -0.39 is 0 Å². The highest BCUT2D eigenvalue weighted by Crippen LogP contribution is 1.94. The molecule has 0 aromatic rings. The van der Waals surface area contributed by atoms with Crippen LogP contribution >= 0.6 is 0 Å². The van der Waals surface area contributed by atoms with Crippen LogP contribution in [-0.2, 0) is 0 Å². The highest BCUT2D eigenvalue weighted by Gasteiger charge is 2.01. The van der Waals surface area contributed by atoms with Gasteiger partial charge in [0.1, 0.15) is 0 Å². The third-order valence-electron chi connectivity index (χ3n) is 2.29. The number of aliphatic hydroxyl groups excluding tert-OH is 1. The fourth-order valence-electron chi connectivity index (χ4n) is 1.41. The molecule has 2 atom stereocenters. The topological polar surface area (TPSA) is 44.3 Å². The fraction of sp³-hybridized carbons (Fsp3) is 1.00. The Labute approximate surface area is 94.6 Å². The summed E-state index contributed by atoms with van der Waals surface area (Å²) in [4.78, 5) is 0. The molecule has 3 nitrogen and oxygen atoms in total. The minimum Gasteiger partial charge on any atom is -0.393 e. The minimum atomic E-state index is -0.166. The molecule has 0 spiro atoms. The molecule has 3 N–H and O–H groups in total. The smallest absolute Gasteiger partial charge is 0.0512 e. The van der Waals surface area contributed by atoms with Crippen LogP contribution in [-0.4, -0.2) is 36.9 Å². The number of hydrogen-bond donors (Lipinski definition) is 3. The Bertz CT molecular complexity index is 138. The quantitative estimate of drug-likeness (QED) is 0.510. The van der Waals surface area contributed by atoms with Gasteiger partial charge >= 0.3 is 0 Å². The van der Waals surface area contributed by atoms with Crippen molar-refractivity contribution in [2.75, 3.05) is 19.6 Å². The van der Waals surface area contributed by atoms with E-state index in [9.17, 15) is 0 Å². The molecule has 0 radical (unpaired) electrons. The summed E-state index contributed by atoms with van der Waals surface area (Å²) in [5.41, 5.74) is 0. The van der Waals surface area contributed by atoms with E-state index in [4.69, 9.17) is 5.11 Å². The van der Waals surface area contributed by atoms with Crippen molar-refractivity contribution in [3.8, 4) is 0 Å². The van der Waals surface area contributed by atoms with Gasteiger partial charge in [0.15, 0.2) is 0 Å². The normalized spacial score (nSPS) is 15.6. The van der Waals surface area contributed by atoms with Crippen molar-refractivity contribution in [3.05, 3.63) is 0 Å². The number of rotatable bonds is 9. The second-order valence-electron chi connectivity index (χ2n) is 4.90. The van der Waals surface area contributed by atoms with Gasteiger partial charge in [-0.05, 0) is 45.7 Å². The number of hydrogen-bond acceptors (Lipinski definition) is 3. The van der Waals surface area contributed by atoms with E-state index in [2.05, 4.69) is 31.4 Å². The zero-order valence-electron chi connectivity index (χ0n) is 10.7. The van der Waals surface area contributed by atoms with E-state index in [-0.39, 0.29) is 6.10 Å². The predicted molar refractivity (Wildman–Crippen MR) is 66.1 cm³/mol. The van der Waals surface area contributed by atoms with Crippen molar-refractivity contribution in [2.45, 2.75) is 52.7 Å². The van der Waals surface area contributed by atoms with Gasteiger partial charge in [0, 0.05) is 12.6 Å². The zero-order chi connectivity index (χ0) is 11.7. The Kier molecular flexibility index (Phi) is 9.06. The average Bonchev–Trinajstić information content (AvgIpc) is 2.11. The molecule has 0 heterocycles. The summed E-state index contributed by atoms with van der Waals surface area (Å²) in [6.45, 7) is 11.6. The van der Waals surface area contributed by atoms with Crippen LogP contribution in [0.1, 0.15) is 40.5 Å². The first-order valence-corrected chi connectivity index (χ1v) is 6.14. The highest BCUT2D eigenvalue weighted by molar-refractivity contribution is 4.64. The van der Waals surface area contributed by atoms with E-state index in [0.717, 1.165) is 32.5 Å². The molecule has 0 aliphatic carbocycles. The van der Waals surface area contributed by atoms with Gasteiger partial charge < -0.3 is 15.7 Å². The van der Waals surface area contributed by atoms with Crippen LogP contribution in [0.4, 0.5) is 0 Å². The molecule has 0 amide bonds. The third-order valence-corrected chi connectivity index (χ3v) is 2.29. The molecule has 3 heteroatoms. The Morgan fingerprint density at radius 2 is 1.73 bits per heavy atom. The van der Waals surface area contributed by atoms with E-state index >= 15 is 0 Å². The van der Waals surface area contributed by atoms with Crippen molar-refractivity contribution >= 4 is 0 Å². The Morgan fingerprint density at radius 1 is 1.07 bits per heavy atom. The van der Waals surface area contributed by atoms with Crippen molar-refractivity contribution in [1.29, 1.82) is 0 Å². The van der Waals surface area contributed by atoms with Gasteiger partial charge in [-0.1, -0.05) is 13.8 Å². The Balaban J connectivity index is 3.22. The van der Waals surface area contributed by atoms with Crippen molar-refractivity contribution in [2.24, 2.45) is 5.92 Å². The lowest BCUT2D eigenvalue weighted by molar-refractivity contribution is 0.181. The molecule has 0 aromatic heterocycles. The van der Waals surface area contributed by atoms with E-state index in [1.807, 2.05) is 6.92 Å². The van der Waals surface area contributed by atoms with Gasteiger partial charge in [-0.25, -0.2) is 0 Å². The monoisotopic (exact) mass is 216 g/mol. The van der Waals surface area contributed by atoms with Crippen LogP contribution in [0.2, 0.25) is 0 Å². The first kappa shape index (κ1) is 14.9. The maximum absolute atomic E-state index is 9.08. The first-order chi connectivity index (χ1) is 7.02. The van der Waals surface area contributed by atoms with Gasteiger partial charge in [0.25, 0.3) is 0 Å². The molecule has 92 valence electrons. The summed E-state index contributed by atoms with van der Waals surface area (Å²) in [5.74, 6) is 0.715. The van der Waals surface area contributed by atoms with Crippen molar-refractivity contribution < 1.29 is 5.11 Å². The molecule has 0 fully saturated rings. The van der Waals surface area contributed by atoms with Gasteiger partial charge in [0.2, 0.25) is 0 Å². The fourth-order valence-corrected chi connectivity index (χ4v) is 1.41. The van der Waals surface area contributed by atoms with Crippen LogP contribution in [0.15, 0.2) is 0 Å². The first-order valence-electron chi connectivity index (χ1n) is 6.14. The second-order valence-corrected chi connectivity index (χ2v) is 4.90. The lowest BCUT2D eigenvalue weighted by Crippen LogP contribution is -2.38. The molecular weight excluding hydrogens is 188 g/mol. The Morgan fingerprint density at radius 3 is 2.27 bits per heavy atom. The molecule has 0 aliphatic heterocycles. The summed E-state index contributed by atoms with van der Waals surface area (Å²) in [6, 6.07) is 0.512. The molecular formula is C12H28N2O. The maximum Gasteiger partial charge on any atom is 0.0512 e. The predicted octanol–water partition coefficient (Wildman–Crippen LogP) is 1.37. The molecule has 0 rings (SSSR count). The SMILES string of the molecule is CC(C)CNCC(C)NCCCC(C)O. The molecule has 2 unspecified atom stereocenters. The largest absolute Gasteiger partial charge is 0.393 e. The average molecular weight is 216 g/mol. The molecule has 0 aromatic carbocycles. The zero-order valence-corrected chi connectivity index (χ0v) is 10.7. The number of nitrogens with one attached hydrogen (secondary N) is 2. The van der Waals surface area contributed by atoms with Crippen molar-refractivity contribution in [1.82, 2.24) is 10.6 Å². The van der Waals surface area contributed by atoms with Gasteiger partial charge in [-0.15, -0.1) is 0 Å².